The molecule has 0 radical (unpaired) electrons. The van der Waals surface area contributed by atoms with Crippen molar-refractivity contribution < 1.29 is 4.92 Å². The first-order valence-electron chi connectivity index (χ1n) is 7.92. The van der Waals surface area contributed by atoms with E-state index in [1.807, 2.05) is 13.0 Å². The van der Waals surface area contributed by atoms with E-state index >= 15 is 0 Å². The maximum Gasteiger partial charge on any atom is 0.271 e. The fourth-order valence-electron chi connectivity index (χ4n) is 3.74. The van der Waals surface area contributed by atoms with Gasteiger partial charge in [0.15, 0.2) is 0 Å². The van der Waals surface area contributed by atoms with Crippen molar-refractivity contribution in [1.82, 2.24) is 5.32 Å². The van der Waals surface area contributed by atoms with Crippen LogP contribution in [0.1, 0.15) is 37.7 Å². The maximum absolute atomic E-state index is 11.1. The quantitative estimate of drug-likeness (QED) is 0.686. The number of aryl methyl sites for hydroxylation is 1. The zero-order valence-electron chi connectivity index (χ0n) is 12.5. The molecule has 0 aromatic heterocycles. The van der Waals surface area contributed by atoms with E-state index in [4.69, 9.17) is 0 Å². The molecule has 5 nitrogen and oxygen atoms in total. The normalized spacial score (nSPS) is 26.0. The van der Waals surface area contributed by atoms with Crippen molar-refractivity contribution in [3.8, 4) is 0 Å². The Kier molecular flexibility index (Phi) is 4.10. The van der Waals surface area contributed by atoms with Gasteiger partial charge in [0.1, 0.15) is 0 Å². The molecule has 2 heterocycles. The molecule has 3 rings (SSSR count). The molecular weight excluding hydrogens is 266 g/mol. The van der Waals surface area contributed by atoms with Crippen LogP contribution in [0.2, 0.25) is 0 Å². The van der Waals surface area contributed by atoms with Crippen LogP contribution < -0.4 is 10.2 Å². The van der Waals surface area contributed by atoms with Crippen LogP contribution in [0.4, 0.5) is 11.4 Å². The summed E-state index contributed by atoms with van der Waals surface area (Å²) < 4.78 is 0. The lowest BCUT2D eigenvalue weighted by atomic mass is 9.93. The second-order valence-corrected chi connectivity index (χ2v) is 6.19. The molecule has 2 unspecified atom stereocenters. The number of nitro benzene ring substituents is 1. The molecule has 2 saturated heterocycles. The van der Waals surface area contributed by atoms with E-state index in [1.165, 1.54) is 32.1 Å². The average molecular weight is 289 g/mol. The highest BCUT2D eigenvalue weighted by Crippen LogP contribution is 2.33. The average Bonchev–Trinajstić information content (AvgIpc) is 3.01. The smallest absolute Gasteiger partial charge is 0.271 e. The number of benzene rings is 1. The van der Waals surface area contributed by atoms with Crippen molar-refractivity contribution in [2.24, 2.45) is 0 Å². The molecule has 0 aliphatic carbocycles. The summed E-state index contributed by atoms with van der Waals surface area (Å²) in [6.07, 6.45) is 6.07. The number of nitrogens with zero attached hydrogens (tertiary/aromatic N) is 2. The largest absolute Gasteiger partial charge is 0.367 e. The Morgan fingerprint density at radius 3 is 2.86 bits per heavy atom. The Hall–Kier alpha value is -1.62. The van der Waals surface area contributed by atoms with Crippen LogP contribution in [0.15, 0.2) is 18.2 Å². The Labute approximate surface area is 125 Å². The number of nitrogens with one attached hydrogen (secondary N) is 1. The van der Waals surface area contributed by atoms with E-state index in [2.05, 4.69) is 10.2 Å². The molecule has 1 aromatic rings. The summed E-state index contributed by atoms with van der Waals surface area (Å²) in [5.74, 6) is 0. The van der Waals surface area contributed by atoms with Gasteiger partial charge in [0.05, 0.1) is 4.92 Å². The molecule has 2 aliphatic heterocycles. The van der Waals surface area contributed by atoms with Gasteiger partial charge in [0, 0.05) is 36.4 Å². The summed E-state index contributed by atoms with van der Waals surface area (Å²) in [5, 5.41) is 14.7. The number of anilines is 1. The van der Waals surface area contributed by atoms with Crippen molar-refractivity contribution in [2.75, 3.05) is 18.0 Å². The molecule has 0 saturated carbocycles. The van der Waals surface area contributed by atoms with Crippen LogP contribution in [0, 0.1) is 17.0 Å². The Bertz CT molecular complexity index is 526. The van der Waals surface area contributed by atoms with E-state index in [0.29, 0.717) is 12.1 Å². The van der Waals surface area contributed by atoms with Crippen LogP contribution in [0.3, 0.4) is 0 Å². The number of rotatable bonds is 3. The number of hydrogen-bond donors (Lipinski definition) is 1. The molecule has 1 N–H and O–H groups in total. The highest BCUT2D eigenvalue weighted by molar-refractivity contribution is 5.59. The zero-order chi connectivity index (χ0) is 14.8. The van der Waals surface area contributed by atoms with Gasteiger partial charge in [-0.15, -0.1) is 0 Å². The number of non-ortho nitro benzene ring substituents is 1. The molecule has 21 heavy (non-hydrogen) atoms. The van der Waals surface area contributed by atoms with Crippen LogP contribution in [-0.4, -0.2) is 30.1 Å². The highest BCUT2D eigenvalue weighted by Gasteiger charge is 2.32. The third kappa shape index (κ3) is 2.88. The highest BCUT2D eigenvalue weighted by atomic mass is 16.6. The van der Waals surface area contributed by atoms with Gasteiger partial charge in [-0.1, -0.05) is 6.07 Å². The zero-order valence-corrected chi connectivity index (χ0v) is 12.5. The van der Waals surface area contributed by atoms with Crippen molar-refractivity contribution in [2.45, 2.75) is 51.1 Å². The van der Waals surface area contributed by atoms with Gasteiger partial charge >= 0.3 is 0 Å². The van der Waals surface area contributed by atoms with Gasteiger partial charge in [-0.3, -0.25) is 10.1 Å². The first-order valence-corrected chi connectivity index (χ1v) is 7.92. The van der Waals surface area contributed by atoms with E-state index in [0.717, 1.165) is 24.3 Å². The fourth-order valence-corrected chi connectivity index (χ4v) is 3.74. The van der Waals surface area contributed by atoms with Gasteiger partial charge in [0.2, 0.25) is 0 Å². The predicted molar refractivity (Wildman–Crippen MR) is 83.8 cm³/mol. The van der Waals surface area contributed by atoms with E-state index < -0.39 is 0 Å². The summed E-state index contributed by atoms with van der Waals surface area (Å²) in [6, 6.07) is 6.24. The minimum absolute atomic E-state index is 0.194. The summed E-state index contributed by atoms with van der Waals surface area (Å²) >= 11 is 0. The van der Waals surface area contributed by atoms with Gasteiger partial charge in [-0.25, -0.2) is 0 Å². The molecule has 1 aromatic carbocycles. The summed E-state index contributed by atoms with van der Waals surface area (Å²) in [6.45, 7) is 4.15. The second kappa shape index (κ2) is 6.02. The lowest BCUT2D eigenvalue weighted by Crippen LogP contribution is -2.50. The van der Waals surface area contributed by atoms with Crippen LogP contribution >= 0.6 is 0 Å². The monoisotopic (exact) mass is 289 g/mol. The van der Waals surface area contributed by atoms with Crippen molar-refractivity contribution >= 4 is 11.4 Å². The van der Waals surface area contributed by atoms with Gasteiger partial charge in [-0.05, 0) is 51.1 Å². The topological polar surface area (TPSA) is 58.4 Å². The maximum atomic E-state index is 11.1. The molecule has 2 atom stereocenters. The fraction of sp³-hybridized carbons (Fsp3) is 0.625. The molecular formula is C16H23N3O2. The number of hydrogen-bond acceptors (Lipinski definition) is 4. The third-order valence-electron chi connectivity index (χ3n) is 4.83. The van der Waals surface area contributed by atoms with Crippen LogP contribution in [0.5, 0.6) is 0 Å². The molecule has 5 heteroatoms. The van der Waals surface area contributed by atoms with Crippen molar-refractivity contribution in [3.63, 3.8) is 0 Å². The molecule has 2 aliphatic rings. The first-order chi connectivity index (χ1) is 10.2. The molecule has 114 valence electrons. The minimum atomic E-state index is -0.296. The molecule has 0 amide bonds. The molecule has 0 bridgehead atoms. The van der Waals surface area contributed by atoms with Crippen LogP contribution in [-0.2, 0) is 0 Å². The van der Waals surface area contributed by atoms with E-state index in [1.54, 1.807) is 12.1 Å². The second-order valence-electron chi connectivity index (χ2n) is 6.19. The lowest BCUT2D eigenvalue weighted by Gasteiger charge is -2.41. The van der Waals surface area contributed by atoms with Gasteiger partial charge in [-0.2, -0.15) is 0 Å². The molecule has 0 spiro atoms. The van der Waals surface area contributed by atoms with Crippen molar-refractivity contribution in [1.29, 1.82) is 0 Å². The number of nitro groups is 1. The summed E-state index contributed by atoms with van der Waals surface area (Å²) in [5.41, 5.74) is 2.37. The van der Waals surface area contributed by atoms with E-state index in [9.17, 15) is 10.1 Å². The van der Waals surface area contributed by atoms with Crippen molar-refractivity contribution in [3.05, 3.63) is 33.9 Å². The SMILES string of the molecule is Cc1ccc([N+](=O)[O-])cc1N1CCCCC1C1CCCN1. The lowest BCUT2D eigenvalue weighted by molar-refractivity contribution is -0.384. The van der Waals surface area contributed by atoms with Gasteiger partial charge in [0.25, 0.3) is 5.69 Å². The summed E-state index contributed by atoms with van der Waals surface area (Å²) in [7, 11) is 0. The Morgan fingerprint density at radius 2 is 2.14 bits per heavy atom. The predicted octanol–water partition coefficient (Wildman–Crippen LogP) is 3.01. The van der Waals surface area contributed by atoms with Gasteiger partial charge < -0.3 is 10.2 Å². The summed E-state index contributed by atoms with van der Waals surface area (Å²) in [4.78, 5) is 13.2. The standard InChI is InChI=1S/C16H23N3O2/c1-12-7-8-13(19(20)21)11-16(12)18-10-3-2-6-15(18)14-5-4-9-17-14/h7-8,11,14-15,17H,2-6,9-10H2,1H3. The Morgan fingerprint density at radius 1 is 1.29 bits per heavy atom. The minimum Gasteiger partial charge on any atom is -0.367 e. The van der Waals surface area contributed by atoms with E-state index in [-0.39, 0.29) is 10.6 Å². The third-order valence-corrected chi connectivity index (χ3v) is 4.83. The molecule has 2 fully saturated rings. The first kappa shape index (κ1) is 14.3. The Balaban J connectivity index is 1.92. The number of piperidine rings is 1. The van der Waals surface area contributed by atoms with Crippen LogP contribution in [0.25, 0.3) is 0 Å².